The Morgan fingerprint density at radius 1 is 1.00 bits per heavy atom. The number of ether oxygens (including phenoxy) is 4. The average molecular weight is 508 g/mol. The van der Waals surface area contributed by atoms with Crippen molar-refractivity contribution in [2.24, 2.45) is 5.92 Å². The van der Waals surface area contributed by atoms with E-state index in [4.69, 9.17) is 23.9 Å². The Balaban J connectivity index is 1.43. The Kier molecular flexibility index (Phi) is 8.50. The second-order valence-electron chi connectivity index (χ2n) is 8.59. The van der Waals surface area contributed by atoms with Crippen LogP contribution in [-0.2, 0) is 11.3 Å². The molecule has 2 aromatic carbocycles. The maximum atomic E-state index is 13.0. The fourth-order valence-electron chi connectivity index (χ4n) is 4.44. The Labute approximate surface area is 216 Å². The van der Waals surface area contributed by atoms with Crippen LogP contribution in [0.25, 0.3) is 0 Å². The highest BCUT2D eigenvalue weighted by atomic mass is 16.5. The van der Waals surface area contributed by atoms with Gasteiger partial charge in [0.2, 0.25) is 17.6 Å². The number of benzene rings is 2. The van der Waals surface area contributed by atoms with E-state index < -0.39 is 0 Å². The number of hydrogen-bond acceptors (Lipinski definition) is 9. The fraction of sp³-hybridized carbons (Fsp3) is 0.370. The summed E-state index contributed by atoms with van der Waals surface area (Å²) in [5, 5.41) is 6.28. The summed E-state index contributed by atoms with van der Waals surface area (Å²) >= 11 is 0. The molecular weight excluding hydrogens is 474 g/mol. The predicted molar refractivity (Wildman–Crippen MR) is 141 cm³/mol. The zero-order chi connectivity index (χ0) is 26.2. The van der Waals surface area contributed by atoms with Gasteiger partial charge in [-0.25, -0.2) is 4.98 Å². The first-order valence-corrected chi connectivity index (χ1v) is 12.1. The number of carbonyl (C=O) groups is 1. The van der Waals surface area contributed by atoms with Crippen LogP contribution in [-0.4, -0.2) is 57.4 Å². The smallest absolute Gasteiger partial charge is 0.229 e. The van der Waals surface area contributed by atoms with Crippen molar-refractivity contribution in [3.8, 4) is 23.0 Å². The van der Waals surface area contributed by atoms with Crippen molar-refractivity contribution >= 4 is 23.4 Å². The van der Waals surface area contributed by atoms with Gasteiger partial charge in [-0.2, -0.15) is 4.98 Å². The van der Waals surface area contributed by atoms with Gasteiger partial charge in [-0.15, -0.1) is 0 Å². The topological polar surface area (TPSA) is 107 Å². The largest absolute Gasteiger partial charge is 0.496 e. The molecule has 1 aliphatic heterocycles. The molecule has 196 valence electrons. The van der Waals surface area contributed by atoms with Crippen molar-refractivity contribution in [2.75, 3.05) is 51.7 Å². The molecule has 3 aromatic rings. The SMILES string of the molecule is COc1ccccc1CNC(=O)C1CCCN(c2ccnc(Nc3cc(OC)c(OC)c(OC)c3)n2)C1. The maximum Gasteiger partial charge on any atom is 0.229 e. The van der Waals surface area contributed by atoms with Gasteiger partial charge in [0.15, 0.2) is 11.5 Å². The van der Waals surface area contributed by atoms with Crippen molar-refractivity contribution in [1.29, 1.82) is 0 Å². The first kappa shape index (κ1) is 25.9. The van der Waals surface area contributed by atoms with Gasteiger partial charge < -0.3 is 34.5 Å². The molecule has 37 heavy (non-hydrogen) atoms. The maximum absolute atomic E-state index is 13.0. The molecule has 0 spiro atoms. The second kappa shape index (κ2) is 12.2. The third kappa shape index (κ3) is 6.14. The molecule has 0 saturated carbocycles. The van der Waals surface area contributed by atoms with Crippen LogP contribution < -0.4 is 34.5 Å². The standard InChI is InChI=1S/C27H33N5O5/c1-34-21-10-6-5-8-18(21)16-29-26(33)19-9-7-13-32(17-19)24-11-12-28-27(31-24)30-20-14-22(35-2)25(37-4)23(15-20)36-3/h5-6,8,10-12,14-15,19H,7,9,13,16-17H2,1-4H3,(H,29,33)(H,28,30,31). The van der Waals surface area contributed by atoms with Crippen molar-refractivity contribution in [2.45, 2.75) is 19.4 Å². The number of carbonyl (C=O) groups excluding carboxylic acids is 1. The zero-order valence-electron chi connectivity index (χ0n) is 21.6. The Bertz CT molecular complexity index is 1200. The molecule has 1 unspecified atom stereocenters. The minimum absolute atomic E-state index is 0.0282. The third-order valence-electron chi connectivity index (χ3n) is 6.32. The molecule has 1 atom stereocenters. The lowest BCUT2D eigenvalue weighted by Crippen LogP contribution is -2.43. The summed E-state index contributed by atoms with van der Waals surface area (Å²) in [6.07, 6.45) is 3.43. The van der Waals surface area contributed by atoms with Crippen LogP contribution in [0.1, 0.15) is 18.4 Å². The molecule has 2 N–H and O–H groups in total. The third-order valence-corrected chi connectivity index (χ3v) is 6.32. The van der Waals surface area contributed by atoms with E-state index in [9.17, 15) is 4.79 Å². The number of piperidine rings is 1. The van der Waals surface area contributed by atoms with E-state index in [2.05, 4.69) is 20.5 Å². The highest BCUT2D eigenvalue weighted by Crippen LogP contribution is 2.40. The van der Waals surface area contributed by atoms with Crippen molar-refractivity contribution < 1.29 is 23.7 Å². The summed E-state index contributed by atoms with van der Waals surface area (Å²) in [5.41, 5.74) is 1.64. The number of methoxy groups -OCH3 is 4. The quantitative estimate of drug-likeness (QED) is 0.424. The molecule has 1 fully saturated rings. The van der Waals surface area contributed by atoms with Gasteiger partial charge in [-0.3, -0.25) is 4.79 Å². The zero-order valence-corrected chi connectivity index (χ0v) is 21.6. The van der Waals surface area contributed by atoms with E-state index >= 15 is 0 Å². The summed E-state index contributed by atoms with van der Waals surface area (Å²) in [6.45, 7) is 1.82. The van der Waals surface area contributed by atoms with Gasteiger partial charge in [-0.05, 0) is 25.0 Å². The second-order valence-corrected chi connectivity index (χ2v) is 8.59. The minimum Gasteiger partial charge on any atom is -0.496 e. The van der Waals surface area contributed by atoms with Crippen LogP contribution >= 0.6 is 0 Å². The predicted octanol–water partition coefficient (Wildman–Crippen LogP) is 3.79. The monoisotopic (exact) mass is 507 g/mol. The van der Waals surface area contributed by atoms with Crippen molar-refractivity contribution in [3.05, 3.63) is 54.2 Å². The van der Waals surface area contributed by atoms with E-state index in [0.29, 0.717) is 42.0 Å². The molecular formula is C27H33N5O5. The summed E-state index contributed by atoms with van der Waals surface area (Å²) in [6, 6.07) is 13.1. The van der Waals surface area contributed by atoms with Crippen LogP contribution in [0.15, 0.2) is 48.7 Å². The summed E-state index contributed by atoms with van der Waals surface area (Å²) in [7, 11) is 6.33. The van der Waals surface area contributed by atoms with E-state index in [1.807, 2.05) is 30.3 Å². The average Bonchev–Trinajstić information content (AvgIpc) is 2.95. The van der Waals surface area contributed by atoms with Crippen molar-refractivity contribution in [3.63, 3.8) is 0 Å². The van der Waals surface area contributed by atoms with Crippen LogP contribution in [0.5, 0.6) is 23.0 Å². The minimum atomic E-state index is -0.134. The lowest BCUT2D eigenvalue weighted by Gasteiger charge is -2.33. The number of para-hydroxylation sites is 1. The highest BCUT2D eigenvalue weighted by Gasteiger charge is 2.27. The number of hydrogen-bond donors (Lipinski definition) is 2. The Morgan fingerprint density at radius 2 is 1.73 bits per heavy atom. The lowest BCUT2D eigenvalue weighted by molar-refractivity contribution is -0.125. The summed E-state index contributed by atoms with van der Waals surface area (Å²) in [5.74, 6) is 3.40. The normalized spacial score (nSPS) is 15.0. The van der Waals surface area contributed by atoms with Gasteiger partial charge in [0, 0.05) is 49.2 Å². The van der Waals surface area contributed by atoms with Crippen molar-refractivity contribution in [1.82, 2.24) is 15.3 Å². The molecule has 1 saturated heterocycles. The summed E-state index contributed by atoms with van der Waals surface area (Å²) in [4.78, 5) is 24.2. The highest BCUT2D eigenvalue weighted by molar-refractivity contribution is 5.79. The first-order valence-electron chi connectivity index (χ1n) is 12.1. The summed E-state index contributed by atoms with van der Waals surface area (Å²) < 4.78 is 21.6. The number of aromatic nitrogens is 2. The van der Waals surface area contributed by atoms with Gasteiger partial charge in [0.1, 0.15) is 11.6 Å². The van der Waals surface area contributed by atoms with E-state index in [1.165, 1.54) is 0 Å². The van der Waals surface area contributed by atoms with Crippen LogP contribution in [0.2, 0.25) is 0 Å². The molecule has 2 heterocycles. The van der Waals surface area contributed by atoms with Gasteiger partial charge >= 0.3 is 0 Å². The number of nitrogens with one attached hydrogen (secondary N) is 2. The van der Waals surface area contributed by atoms with Crippen LogP contribution in [0.4, 0.5) is 17.5 Å². The van der Waals surface area contributed by atoms with Gasteiger partial charge in [-0.1, -0.05) is 18.2 Å². The number of anilines is 3. The number of amides is 1. The van der Waals surface area contributed by atoms with Crippen LogP contribution in [0.3, 0.4) is 0 Å². The van der Waals surface area contributed by atoms with E-state index in [-0.39, 0.29) is 11.8 Å². The van der Waals surface area contributed by atoms with E-state index in [0.717, 1.165) is 36.5 Å². The van der Waals surface area contributed by atoms with Gasteiger partial charge in [0.25, 0.3) is 0 Å². The van der Waals surface area contributed by atoms with E-state index in [1.54, 1.807) is 46.8 Å². The molecule has 10 nitrogen and oxygen atoms in total. The number of rotatable bonds is 10. The molecule has 0 aliphatic carbocycles. The fourth-order valence-corrected chi connectivity index (χ4v) is 4.44. The Morgan fingerprint density at radius 3 is 2.43 bits per heavy atom. The molecule has 0 bridgehead atoms. The molecule has 1 aliphatic rings. The molecule has 10 heteroatoms. The molecule has 0 radical (unpaired) electrons. The van der Waals surface area contributed by atoms with Crippen LogP contribution in [0, 0.1) is 5.92 Å². The Hall–Kier alpha value is -4.21. The number of nitrogens with zero attached hydrogens (tertiary/aromatic N) is 3. The molecule has 4 rings (SSSR count). The first-order chi connectivity index (χ1) is 18.1. The lowest BCUT2D eigenvalue weighted by atomic mass is 9.97. The van der Waals surface area contributed by atoms with Gasteiger partial charge in [0.05, 0.1) is 34.4 Å². The molecule has 1 aromatic heterocycles. The molecule has 1 amide bonds.